The number of epoxide rings is 6. The second-order valence-electron chi connectivity index (χ2n) is 23.1. The molecule has 6 aromatic carbocycles. The highest BCUT2D eigenvalue weighted by Crippen LogP contribution is 2.43. The zero-order valence-corrected chi connectivity index (χ0v) is 46.0. The maximum Gasteiger partial charge on any atom is 0.126 e. The molecule has 6 fully saturated rings. The monoisotopic (exact) mass is 1060 g/mol. The highest BCUT2D eigenvalue weighted by molar-refractivity contribution is 5.60. The smallest absolute Gasteiger partial charge is 0.126 e. The Balaban J connectivity index is 1.01. The second-order valence-corrected chi connectivity index (χ2v) is 23.1. The van der Waals surface area contributed by atoms with Crippen LogP contribution in [0.4, 0.5) is 0 Å². The molecule has 6 saturated heterocycles. The van der Waals surface area contributed by atoms with E-state index in [1.54, 1.807) is 0 Å². The van der Waals surface area contributed by atoms with Crippen LogP contribution in [0.5, 0.6) is 34.5 Å². The molecule has 0 N–H and O–H groups in total. The third kappa shape index (κ3) is 12.7. The zero-order chi connectivity index (χ0) is 53.0. The molecule has 6 heterocycles. The van der Waals surface area contributed by atoms with Crippen molar-refractivity contribution in [3.63, 3.8) is 0 Å². The van der Waals surface area contributed by atoms with Crippen LogP contribution < -0.4 is 28.4 Å². The molecule has 0 radical (unpaired) electrons. The molecule has 7 aliphatic rings. The molecule has 1 aliphatic carbocycles. The van der Waals surface area contributed by atoms with E-state index in [-0.39, 0.29) is 36.6 Å². The predicted molar refractivity (Wildman–Crippen MR) is 295 cm³/mol. The fraction of sp³-hybridized carbons (Fsp3) is 0.455. The zero-order valence-electron chi connectivity index (χ0n) is 46.0. The summed E-state index contributed by atoms with van der Waals surface area (Å²) in [6.45, 7) is 20.0. The van der Waals surface area contributed by atoms with Crippen LogP contribution in [-0.4, -0.2) is 116 Å². The van der Waals surface area contributed by atoms with Gasteiger partial charge in [0.25, 0.3) is 0 Å². The van der Waals surface area contributed by atoms with Crippen molar-refractivity contribution < 1.29 is 56.8 Å². The molecule has 0 saturated carbocycles. The summed E-state index contributed by atoms with van der Waals surface area (Å²) in [4.78, 5) is 0. The summed E-state index contributed by atoms with van der Waals surface area (Å²) in [6, 6.07) is 27.4. The first-order valence-electron chi connectivity index (χ1n) is 28.2. The maximum absolute atomic E-state index is 6.98. The first-order chi connectivity index (χ1) is 38.0. The summed E-state index contributed by atoms with van der Waals surface area (Å²) in [5.41, 5.74) is 20.0. The van der Waals surface area contributed by atoms with Gasteiger partial charge in [-0.3, -0.25) is 0 Å². The van der Waals surface area contributed by atoms with Gasteiger partial charge in [0.05, 0.1) is 39.6 Å². The summed E-state index contributed by atoms with van der Waals surface area (Å²) < 4.78 is 76.4. The Kier molecular flexibility index (Phi) is 14.4. The van der Waals surface area contributed by atoms with Gasteiger partial charge in [0, 0.05) is 38.5 Å². The quantitative estimate of drug-likeness (QED) is 0.0759. The molecule has 78 heavy (non-hydrogen) atoms. The summed E-state index contributed by atoms with van der Waals surface area (Å²) >= 11 is 0. The van der Waals surface area contributed by atoms with E-state index in [0.29, 0.717) is 118 Å². The average Bonchev–Trinajstić information content (AvgIpc) is 4.18. The minimum Gasteiger partial charge on any atom is -0.490 e. The third-order valence-electron chi connectivity index (χ3n) is 15.5. The van der Waals surface area contributed by atoms with E-state index in [9.17, 15) is 0 Å². The van der Waals surface area contributed by atoms with Crippen molar-refractivity contribution in [2.24, 2.45) is 0 Å². The Morgan fingerprint density at radius 1 is 0.244 bits per heavy atom. The van der Waals surface area contributed by atoms with Crippen molar-refractivity contribution in [2.45, 2.75) is 117 Å². The van der Waals surface area contributed by atoms with Gasteiger partial charge in [-0.1, -0.05) is 106 Å². The molecule has 6 aromatic rings. The van der Waals surface area contributed by atoms with Gasteiger partial charge in [0.2, 0.25) is 0 Å². The number of benzene rings is 6. The van der Waals surface area contributed by atoms with Crippen molar-refractivity contribution in [1.82, 2.24) is 0 Å². The molecule has 0 aromatic heterocycles. The van der Waals surface area contributed by atoms with E-state index in [1.165, 1.54) is 0 Å². The van der Waals surface area contributed by atoms with Crippen LogP contribution in [0.25, 0.3) is 0 Å². The van der Waals surface area contributed by atoms with Crippen molar-refractivity contribution >= 4 is 0 Å². The molecule has 12 nitrogen and oxygen atoms in total. The molecule has 6 unspecified atom stereocenters. The highest BCUT2D eigenvalue weighted by Gasteiger charge is 2.32. The van der Waals surface area contributed by atoms with Crippen LogP contribution in [0.15, 0.2) is 72.8 Å². The van der Waals surface area contributed by atoms with Crippen LogP contribution in [0.3, 0.4) is 0 Å². The Bertz CT molecular complexity index is 2540. The molecule has 6 aliphatic heterocycles. The van der Waals surface area contributed by atoms with Crippen LogP contribution >= 0.6 is 0 Å². The van der Waals surface area contributed by atoms with E-state index in [2.05, 4.69) is 114 Å². The normalized spacial score (nSPS) is 22.4. The van der Waals surface area contributed by atoms with Gasteiger partial charge in [0.15, 0.2) is 0 Å². The largest absolute Gasteiger partial charge is 0.490 e. The summed E-state index contributed by atoms with van der Waals surface area (Å²) in [5, 5.41) is 0. The van der Waals surface area contributed by atoms with Crippen molar-refractivity contribution in [1.29, 1.82) is 0 Å². The number of hydrogen-bond donors (Lipinski definition) is 0. The van der Waals surface area contributed by atoms with Crippen molar-refractivity contribution in [2.75, 3.05) is 79.3 Å². The molecule has 12 heteroatoms. The van der Waals surface area contributed by atoms with Crippen LogP contribution in [-0.2, 0) is 66.9 Å². The fourth-order valence-electron chi connectivity index (χ4n) is 11.5. The van der Waals surface area contributed by atoms with Crippen LogP contribution in [0.1, 0.15) is 100 Å². The standard InChI is InChI=1S/C66H72O12/c1-37-7-43-19-45-9-38(2)11-47(62(45)74-32-56-26-68-56)21-49-13-40(4)15-51(64(49)76-34-58-28-70-58)23-53-17-42(6)18-54(66(53)78-36-60-30-72-60)24-52-16-41(5)14-50(65(52)77-35-59-29-71-59)22-48-12-39(3)10-46(63(48)75-33-57-27-69-57)20-44(8-37)61(43)73-31-55-25-67-55/h7-18,55-60H,19-36H2,1-6H3. The topological polar surface area (TPSA) is 131 Å². The fourth-order valence-corrected chi connectivity index (χ4v) is 11.5. The summed E-state index contributed by atoms with van der Waals surface area (Å²) in [6.07, 6.45) is 3.88. The lowest BCUT2D eigenvalue weighted by atomic mass is 9.88. The Hall–Kier alpha value is -6.12. The first-order valence-corrected chi connectivity index (χ1v) is 28.2. The molecule has 6 atom stereocenters. The minimum absolute atomic E-state index is 0.0613. The maximum atomic E-state index is 6.98. The summed E-state index contributed by atoms with van der Waals surface area (Å²) in [5.74, 6) is 5.24. The van der Waals surface area contributed by atoms with Gasteiger partial charge < -0.3 is 56.8 Å². The molecule has 0 spiro atoms. The van der Waals surface area contributed by atoms with E-state index >= 15 is 0 Å². The molecule has 0 amide bonds. The van der Waals surface area contributed by atoms with Crippen LogP contribution in [0, 0.1) is 41.5 Å². The van der Waals surface area contributed by atoms with E-state index in [4.69, 9.17) is 56.8 Å². The number of rotatable bonds is 18. The molecule has 13 rings (SSSR count). The predicted octanol–water partition coefficient (Wildman–Crippen LogP) is 10.1. The number of hydrogen-bond acceptors (Lipinski definition) is 12. The molecule has 12 bridgehead atoms. The van der Waals surface area contributed by atoms with E-state index in [1.807, 2.05) is 0 Å². The Morgan fingerprint density at radius 3 is 0.462 bits per heavy atom. The molecular formula is C66H72O12. The lowest BCUT2D eigenvalue weighted by Gasteiger charge is -2.24. The van der Waals surface area contributed by atoms with Gasteiger partial charge in [-0.2, -0.15) is 0 Å². The molecular weight excluding hydrogens is 985 g/mol. The molecule has 408 valence electrons. The SMILES string of the molecule is Cc1cc2c(OCC3CO3)c(c1)Cc1cc(C)cc(c1OCC1CO1)Cc1cc(C)cc(c1OCC1CO1)Cc1cc(C)cc(c1OCC1CO1)Cc1cc(C)cc(c1OCC1CO1)Cc1cc(C)cc(c1OCC1CO1)C2. The first kappa shape index (κ1) is 51.3. The lowest BCUT2D eigenvalue weighted by Crippen LogP contribution is -2.14. The van der Waals surface area contributed by atoms with Crippen molar-refractivity contribution in [3.05, 3.63) is 173 Å². The lowest BCUT2D eigenvalue weighted by molar-refractivity contribution is 0.255. The van der Waals surface area contributed by atoms with E-state index < -0.39 is 0 Å². The number of ether oxygens (including phenoxy) is 12. The van der Waals surface area contributed by atoms with Gasteiger partial charge >= 0.3 is 0 Å². The van der Waals surface area contributed by atoms with Crippen molar-refractivity contribution in [3.8, 4) is 34.5 Å². The van der Waals surface area contributed by atoms with Gasteiger partial charge in [0.1, 0.15) is 111 Å². The van der Waals surface area contributed by atoms with Gasteiger partial charge in [-0.05, 0) is 108 Å². The van der Waals surface area contributed by atoms with E-state index in [0.717, 1.165) is 135 Å². The number of aryl methyl sites for hydroxylation is 6. The van der Waals surface area contributed by atoms with Gasteiger partial charge in [-0.15, -0.1) is 0 Å². The third-order valence-corrected chi connectivity index (χ3v) is 15.5. The number of fused-ring (bicyclic) bond motifs is 12. The highest BCUT2D eigenvalue weighted by atomic mass is 16.6. The Labute approximate surface area is 458 Å². The van der Waals surface area contributed by atoms with Crippen LogP contribution in [0.2, 0.25) is 0 Å². The second kappa shape index (κ2) is 21.8. The van der Waals surface area contributed by atoms with Gasteiger partial charge in [-0.25, -0.2) is 0 Å². The summed E-state index contributed by atoms with van der Waals surface area (Å²) in [7, 11) is 0. The minimum atomic E-state index is 0.0613. The Morgan fingerprint density at radius 2 is 0.359 bits per heavy atom. The average molecular weight is 1060 g/mol.